The second-order valence-corrected chi connectivity index (χ2v) is 5.90. The van der Waals surface area contributed by atoms with Gasteiger partial charge in [-0.05, 0) is 52.3 Å². The summed E-state index contributed by atoms with van der Waals surface area (Å²) in [6.45, 7) is 1.36. The number of hydrogen-bond donors (Lipinski definition) is 1. The molecule has 2 amide bonds. The van der Waals surface area contributed by atoms with E-state index in [4.69, 9.17) is 11.6 Å². The zero-order valence-electron chi connectivity index (χ0n) is 11.8. The Bertz CT molecular complexity index is 689. The monoisotopic (exact) mass is 380 g/mol. The van der Waals surface area contributed by atoms with Crippen LogP contribution in [-0.2, 0) is 9.59 Å². The highest BCUT2D eigenvalue weighted by molar-refractivity contribution is 9.10. The van der Waals surface area contributed by atoms with Crippen molar-refractivity contribution in [2.24, 2.45) is 0 Å². The predicted molar refractivity (Wildman–Crippen MR) is 92.3 cm³/mol. The summed E-state index contributed by atoms with van der Waals surface area (Å²) in [4.78, 5) is 25.4. The van der Waals surface area contributed by atoms with E-state index in [1.807, 2.05) is 18.2 Å². The van der Waals surface area contributed by atoms with E-state index in [1.165, 1.54) is 11.8 Å². The average molecular weight is 382 g/mol. The minimum atomic E-state index is -0.284. The summed E-state index contributed by atoms with van der Waals surface area (Å²) in [5.41, 5.74) is 1.28. The number of carbonyl (C=O) groups is 2. The van der Waals surface area contributed by atoms with Crippen molar-refractivity contribution in [2.45, 2.75) is 6.92 Å². The van der Waals surface area contributed by atoms with Gasteiger partial charge in [-0.15, -0.1) is 0 Å². The molecule has 0 saturated heterocycles. The van der Waals surface area contributed by atoms with Gasteiger partial charge in [-0.3, -0.25) is 9.59 Å². The molecule has 0 spiro atoms. The molecule has 0 radical (unpaired) electrons. The summed E-state index contributed by atoms with van der Waals surface area (Å²) in [6, 6.07) is 14.0. The maximum Gasteiger partial charge on any atom is 0.244 e. The van der Waals surface area contributed by atoms with E-state index < -0.39 is 0 Å². The largest absolute Gasteiger partial charge is 0.325 e. The van der Waals surface area contributed by atoms with Gasteiger partial charge < -0.3 is 10.2 Å². The topological polar surface area (TPSA) is 49.4 Å². The molecule has 4 nitrogen and oxygen atoms in total. The number of halogens is 2. The molecule has 0 atom stereocenters. The zero-order chi connectivity index (χ0) is 16.1. The smallest absolute Gasteiger partial charge is 0.244 e. The number of benzene rings is 2. The van der Waals surface area contributed by atoms with Gasteiger partial charge in [0.15, 0.2) is 0 Å². The number of para-hydroxylation sites is 1. The molecule has 114 valence electrons. The third-order valence-corrected chi connectivity index (χ3v) is 3.88. The highest BCUT2D eigenvalue weighted by Crippen LogP contribution is 2.25. The number of hydrogen-bond acceptors (Lipinski definition) is 2. The van der Waals surface area contributed by atoms with Crippen molar-refractivity contribution in [3.8, 4) is 0 Å². The molecule has 0 heterocycles. The van der Waals surface area contributed by atoms with E-state index in [1.54, 1.807) is 30.3 Å². The minimum Gasteiger partial charge on any atom is -0.325 e. The Hall–Kier alpha value is -1.85. The number of amides is 2. The molecule has 0 unspecified atom stereocenters. The van der Waals surface area contributed by atoms with Gasteiger partial charge in [-0.1, -0.05) is 23.7 Å². The highest BCUT2D eigenvalue weighted by atomic mass is 79.9. The standard InChI is InChI=1S/C16H14BrClN2O2/c1-11(21)20(15-5-3-2-4-14(15)17)10-16(22)19-13-8-6-12(18)7-9-13/h2-9H,10H2,1H3,(H,19,22). The summed E-state index contributed by atoms with van der Waals surface area (Å²) >= 11 is 9.19. The first kappa shape index (κ1) is 16.5. The van der Waals surface area contributed by atoms with Gasteiger partial charge in [-0.25, -0.2) is 0 Å². The van der Waals surface area contributed by atoms with Gasteiger partial charge in [0.05, 0.1) is 5.69 Å². The Morgan fingerprint density at radius 3 is 2.36 bits per heavy atom. The normalized spacial score (nSPS) is 10.1. The molecule has 6 heteroatoms. The van der Waals surface area contributed by atoms with Crippen LogP contribution in [0.15, 0.2) is 53.0 Å². The van der Waals surface area contributed by atoms with Gasteiger partial charge in [0.1, 0.15) is 6.54 Å². The van der Waals surface area contributed by atoms with Gasteiger partial charge in [0.25, 0.3) is 0 Å². The first-order valence-corrected chi connectivity index (χ1v) is 7.72. The molecule has 22 heavy (non-hydrogen) atoms. The van der Waals surface area contributed by atoms with Gasteiger partial charge in [0.2, 0.25) is 11.8 Å². The number of nitrogens with one attached hydrogen (secondary N) is 1. The summed E-state index contributed by atoms with van der Waals surface area (Å²) in [6.07, 6.45) is 0. The number of nitrogens with zero attached hydrogens (tertiary/aromatic N) is 1. The Kier molecular flexibility index (Phi) is 5.57. The minimum absolute atomic E-state index is 0.0689. The maximum absolute atomic E-state index is 12.1. The fraction of sp³-hybridized carbons (Fsp3) is 0.125. The lowest BCUT2D eigenvalue weighted by Crippen LogP contribution is -2.36. The molecule has 0 fully saturated rings. The molecular formula is C16H14BrClN2O2. The van der Waals surface area contributed by atoms with E-state index >= 15 is 0 Å². The molecule has 0 aliphatic rings. The van der Waals surface area contributed by atoms with Crippen LogP contribution in [0.25, 0.3) is 0 Å². The van der Waals surface area contributed by atoms with Gasteiger partial charge >= 0.3 is 0 Å². The SMILES string of the molecule is CC(=O)N(CC(=O)Nc1ccc(Cl)cc1)c1ccccc1Br. The van der Waals surface area contributed by atoms with Crippen molar-refractivity contribution in [1.82, 2.24) is 0 Å². The Morgan fingerprint density at radius 1 is 1.14 bits per heavy atom. The molecule has 0 aliphatic carbocycles. The lowest BCUT2D eigenvalue weighted by Gasteiger charge is -2.21. The van der Waals surface area contributed by atoms with Crippen molar-refractivity contribution in [1.29, 1.82) is 0 Å². The van der Waals surface area contributed by atoms with Gasteiger partial charge in [-0.2, -0.15) is 0 Å². The van der Waals surface area contributed by atoms with Crippen LogP contribution in [0.5, 0.6) is 0 Å². The fourth-order valence-corrected chi connectivity index (χ4v) is 2.54. The number of carbonyl (C=O) groups excluding carboxylic acids is 2. The first-order chi connectivity index (χ1) is 10.5. The molecule has 0 bridgehead atoms. The molecular weight excluding hydrogens is 368 g/mol. The van der Waals surface area contributed by atoms with Crippen LogP contribution in [0.1, 0.15) is 6.92 Å². The van der Waals surface area contributed by atoms with Crippen LogP contribution in [0.2, 0.25) is 5.02 Å². The fourth-order valence-electron chi connectivity index (χ4n) is 1.91. The molecule has 0 aliphatic heterocycles. The van der Waals surface area contributed by atoms with Gasteiger partial charge in [0, 0.05) is 22.1 Å². The lowest BCUT2D eigenvalue weighted by atomic mass is 10.2. The second-order valence-electron chi connectivity index (χ2n) is 4.61. The van der Waals surface area contributed by atoms with Crippen molar-refractivity contribution < 1.29 is 9.59 Å². The van der Waals surface area contributed by atoms with E-state index in [0.29, 0.717) is 16.4 Å². The average Bonchev–Trinajstić information content (AvgIpc) is 2.48. The number of rotatable bonds is 4. The predicted octanol–water partition coefficient (Wildman–Crippen LogP) is 4.09. The summed E-state index contributed by atoms with van der Waals surface area (Å²) in [5, 5.41) is 3.33. The first-order valence-electron chi connectivity index (χ1n) is 6.55. The van der Waals surface area contributed by atoms with E-state index in [-0.39, 0.29) is 18.4 Å². The zero-order valence-corrected chi connectivity index (χ0v) is 14.2. The van der Waals surface area contributed by atoms with Crippen molar-refractivity contribution >= 4 is 50.7 Å². The van der Waals surface area contributed by atoms with Crippen LogP contribution >= 0.6 is 27.5 Å². The summed E-state index contributed by atoms with van der Waals surface area (Å²) < 4.78 is 0.754. The van der Waals surface area contributed by atoms with Crippen LogP contribution in [0.4, 0.5) is 11.4 Å². The second kappa shape index (κ2) is 7.42. The molecule has 0 saturated carbocycles. The number of anilines is 2. The molecule has 2 rings (SSSR count). The quantitative estimate of drug-likeness (QED) is 0.867. The maximum atomic E-state index is 12.1. The van der Waals surface area contributed by atoms with E-state index in [2.05, 4.69) is 21.2 Å². The highest BCUT2D eigenvalue weighted by Gasteiger charge is 2.17. The third-order valence-electron chi connectivity index (χ3n) is 2.95. The Balaban J connectivity index is 2.11. The van der Waals surface area contributed by atoms with Crippen molar-refractivity contribution in [3.05, 3.63) is 58.0 Å². The van der Waals surface area contributed by atoms with E-state index in [0.717, 1.165) is 4.47 Å². The van der Waals surface area contributed by atoms with Crippen molar-refractivity contribution in [3.63, 3.8) is 0 Å². The third kappa shape index (κ3) is 4.32. The van der Waals surface area contributed by atoms with Crippen LogP contribution in [-0.4, -0.2) is 18.4 Å². The summed E-state index contributed by atoms with van der Waals surface area (Å²) in [7, 11) is 0. The molecule has 2 aromatic rings. The van der Waals surface area contributed by atoms with E-state index in [9.17, 15) is 9.59 Å². The summed E-state index contributed by atoms with van der Waals surface area (Å²) in [5.74, 6) is -0.494. The molecule has 2 aromatic carbocycles. The molecule has 1 N–H and O–H groups in total. The van der Waals surface area contributed by atoms with Crippen molar-refractivity contribution in [2.75, 3.05) is 16.8 Å². The Labute approximate surface area is 142 Å². The molecule has 0 aromatic heterocycles. The van der Waals surface area contributed by atoms with Crippen LogP contribution in [0.3, 0.4) is 0 Å². The van der Waals surface area contributed by atoms with Crippen LogP contribution < -0.4 is 10.2 Å². The lowest BCUT2D eigenvalue weighted by molar-refractivity contribution is -0.120. The Morgan fingerprint density at radius 2 is 1.77 bits per heavy atom. The van der Waals surface area contributed by atoms with Crippen LogP contribution in [0, 0.1) is 0 Å².